The fourth-order valence-corrected chi connectivity index (χ4v) is 4.24. The van der Waals surface area contributed by atoms with Crippen LogP contribution in [-0.4, -0.2) is 56.2 Å². The van der Waals surface area contributed by atoms with E-state index in [2.05, 4.69) is 33.3 Å². The Morgan fingerprint density at radius 1 is 1.18 bits per heavy atom. The predicted molar refractivity (Wildman–Crippen MR) is 125 cm³/mol. The molecular formula is C24H26N8O. The number of benzene rings is 1. The third-order valence-electron chi connectivity index (χ3n) is 6.14. The van der Waals surface area contributed by atoms with Gasteiger partial charge in [-0.25, -0.2) is 9.97 Å². The Hall–Kier alpha value is -3.93. The second-order valence-corrected chi connectivity index (χ2v) is 8.70. The van der Waals surface area contributed by atoms with Crippen molar-refractivity contribution in [2.75, 3.05) is 29.9 Å². The smallest absolute Gasteiger partial charge is 0.226 e. The lowest BCUT2D eigenvalue weighted by atomic mass is 10.1. The third kappa shape index (κ3) is 4.24. The molecule has 5 rings (SSSR count). The topological polar surface area (TPSA) is 103 Å². The first kappa shape index (κ1) is 20.9. The van der Waals surface area contributed by atoms with Crippen molar-refractivity contribution in [1.82, 2.24) is 24.6 Å². The number of nitrogens with one attached hydrogen (secondary N) is 1. The molecule has 1 aliphatic carbocycles. The van der Waals surface area contributed by atoms with Gasteiger partial charge in [-0.15, -0.1) is 0 Å². The largest absolute Gasteiger partial charge is 0.351 e. The number of hydrogen-bond acceptors (Lipinski definition) is 7. The summed E-state index contributed by atoms with van der Waals surface area (Å²) in [4.78, 5) is 26.2. The molecule has 9 nitrogen and oxygen atoms in total. The van der Waals surface area contributed by atoms with Crippen molar-refractivity contribution < 1.29 is 4.79 Å². The van der Waals surface area contributed by atoms with Crippen LogP contribution in [0.1, 0.15) is 25.3 Å². The van der Waals surface area contributed by atoms with Crippen LogP contribution < -0.4 is 10.2 Å². The van der Waals surface area contributed by atoms with Gasteiger partial charge < -0.3 is 15.1 Å². The molecule has 1 aromatic carbocycles. The van der Waals surface area contributed by atoms with Crippen molar-refractivity contribution in [3.05, 3.63) is 48.3 Å². The molecule has 1 N–H and O–H groups in total. The van der Waals surface area contributed by atoms with Crippen molar-refractivity contribution in [3.8, 4) is 17.5 Å². The molecule has 3 heterocycles. The van der Waals surface area contributed by atoms with Gasteiger partial charge in [0.15, 0.2) is 17.5 Å². The van der Waals surface area contributed by atoms with Gasteiger partial charge in [0.2, 0.25) is 5.91 Å². The van der Waals surface area contributed by atoms with Gasteiger partial charge in [0.25, 0.3) is 0 Å². The van der Waals surface area contributed by atoms with Gasteiger partial charge in [-0.1, -0.05) is 18.2 Å². The van der Waals surface area contributed by atoms with Crippen LogP contribution in [0.5, 0.6) is 0 Å². The molecule has 0 unspecified atom stereocenters. The molecule has 168 valence electrons. The Kier molecular flexibility index (Phi) is 5.42. The Labute approximate surface area is 192 Å². The van der Waals surface area contributed by atoms with Crippen LogP contribution in [0.25, 0.3) is 11.4 Å². The van der Waals surface area contributed by atoms with E-state index in [0.29, 0.717) is 42.7 Å². The first-order valence-corrected chi connectivity index (χ1v) is 11.2. The fourth-order valence-electron chi connectivity index (χ4n) is 4.24. The van der Waals surface area contributed by atoms with Crippen molar-refractivity contribution >= 4 is 23.2 Å². The zero-order chi connectivity index (χ0) is 22.9. The number of hydrogen-bond donors (Lipinski definition) is 1. The molecule has 2 aromatic heterocycles. The maximum Gasteiger partial charge on any atom is 0.226 e. The highest BCUT2D eigenvalue weighted by Crippen LogP contribution is 2.34. The second kappa shape index (κ2) is 8.54. The average Bonchev–Trinajstić information content (AvgIpc) is 3.59. The molecule has 3 aromatic rings. The van der Waals surface area contributed by atoms with Crippen molar-refractivity contribution in [3.63, 3.8) is 0 Å². The number of carbonyl (C=O) groups excluding carboxylic acids is 1. The first-order chi connectivity index (χ1) is 16.0. The molecule has 1 aliphatic heterocycles. The number of amides is 1. The summed E-state index contributed by atoms with van der Waals surface area (Å²) in [5, 5.41) is 17.6. The summed E-state index contributed by atoms with van der Waals surface area (Å²) >= 11 is 0. The fraction of sp³-hybridized carbons (Fsp3) is 0.375. The zero-order valence-corrected chi connectivity index (χ0v) is 18.8. The van der Waals surface area contributed by atoms with E-state index in [1.54, 1.807) is 10.9 Å². The van der Waals surface area contributed by atoms with Crippen molar-refractivity contribution in [1.29, 1.82) is 5.26 Å². The minimum Gasteiger partial charge on any atom is -0.351 e. The number of rotatable bonds is 5. The van der Waals surface area contributed by atoms with E-state index in [-0.39, 0.29) is 17.9 Å². The lowest BCUT2D eigenvalue weighted by Crippen LogP contribution is -2.55. The van der Waals surface area contributed by atoms with Crippen LogP contribution in [0.15, 0.2) is 42.7 Å². The summed E-state index contributed by atoms with van der Waals surface area (Å²) in [5.74, 6) is 1.99. The number of nitriles is 1. The first-order valence-electron chi connectivity index (χ1n) is 11.2. The summed E-state index contributed by atoms with van der Waals surface area (Å²) < 4.78 is 1.70. The van der Waals surface area contributed by atoms with Gasteiger partial charge in [0.05, 0.1) is 11.8 Å². The van der Waals surface area contributed by atoms with Crippen LogP contribution in [-0.2, 0) is 11.8 Å². The van der Waals surface area contributed by atoms with Crippen molar-refractivity contribution in [2.24, 2.45) is 13.0 Å². The maximum atomic E-state index is 12.6. The monoisotopic (exact) mass is 442 g/mol. The van der Waals surface area contributed by atoms with Gasteiger partial charge in [0.1, 0.15) is 11.6 Å². The summed E-state index contributed by atoms with van der Waals surface area (Å²) in [6.07, 6.45) is 5.57. The third-order valence-corrected chi connectivity index (χ3v) is 6.14. The van der Waals surface area contributed by atoms with Crippen LogP contribution in [0, 0.1) is 17.2 Å². The Morgan fingerprint density at radius 3 is 2.61 bits per heavy atom. The summed E-state index contributed by atoms with van der Waals surface area (Å²) in [6.45, 7) is 3.91. The molecule has 1 amide bonds. The number of para-hydroxylation sites is 1. The quantitative estimate of drug-likeness (QED) is 0.648. The standard InChI is InChI=1S/C24H26N8O/c1-16-14-31(10-11-32(16)24(33)17-8-9-17)23-20(12-25)22(27-19-6-4-3-5-7-19)28-21(29-23)18-13-26-30(2)15-18/h3-7,13,15-17H,8-11,14H2,1-2H3,(H,27,28,29)/t16-/m1/s1. The van der Waals surface area contributed by atoms with Crippen LogP contribution in [0.2, 0.25) is 0 Å². The van der Waals surface area contributed by atoms with E-state index in [0.717, 1.165) is 24.1 Å². The van der Waals surface area contributed by atoms with E-state index < -0.39 is 0 Å². The van der Waals surface area contributed by atoms with Gasteiger partial charge in [-0.05, 0) is 31.9 Å². The minimum absolute atomic E-state index is 0.0423. The van der Waals surface area contributed by atoms with Gasteiger partial charge in [-0.2, -0.15) is 10.4 Å². The Bertz CT molecular complexity index is 1210. The van der Waals surface area contributed by atoms with E-state index in [1.165, 1.54) is 0 Å². The number of piperazine rings is 1. The molecule has 1 atom stereocenters. The molecule has 0 spiro atoms. The number of carbonyl (C=O) groups is 1. The number of nitrogens with zero attached hydrogens (tertiary/aromatic N) is 7. The highest BCUT2D eigenvalue weighted by Gasteiger charge is 2.38. The average molecular weight is 443 g/mol. The molecule has 0 bridgehead atoms. The van der Waals surface area contributed by atoms with Gasteiger partial charge in [-0.3, -0.25) is 9.48 Å². The SMILES string of the molecule is C[C@@H]1CN(c2nc(-c3cnn(C)c3)nc(Nc3ccccc3)c2C#N)CCN1C(=O)C1CC1. The highest BCUT2D eigenvalue weighted by atomic mass is 16.2. The van der Waals surface area contributed by atoms with Crippen LogP contribution in [0.4, 0.5) is 17.3 Å². The molecule has 1 saturated heterocycles. The van der Waals surface area contributed by atoms with Crippen molar-refractivity contribution in [2.45, 2.75) is 25.8 Å². The maximum absolute atomic E-state index is 12.6. The van der Waals surface area contributed by atoms with Gasteiger partial charge >= 0.3 is 0 Å². The predicted octanol–water partition coefficient (Wildman–Crippen LogP) is 2.94. The van der Waals surface area contributed by atoms with Crippen LogP contribution in [0.3, 0.4) is 0 Å². The minimum atomic E-state index is 0.0423. The Balaban J connectivity index is 1.52. The van der Waals surface area contributed by atoms with Crippen LogP contribution >= 0.6 is 0 Å². The molecule has 9 heteroatoms. The van der Waals surface area contributed by atoms with E-state index in [9.17, 15) is 10.1 Å². The Morgan fingerprint density at radius 2 is 1.97 bits per heavy atom. The van der Waals surface area contributed by atoms with E-state index in [1.807, 2.05) is 48.5 Å². The summed E-state index contributed by atoms with van der Waals surface area (Å²) in [6, 6.07) is 12.0. The molecule has 1 saturated carbocycles. The number of aromatic nitrogens is 4. The van der Waals surface area contributed by atoms with Gasteiger partial charge in [0, 0.05) is 50.5 Å². The van der Waals surface area contributed by atoms with E-state index >= 15 is 0 Å². The highest BCUT2D eigenvalue weighted by molar-refractivity contribution is 5.82. The second-order valence-electron chi connectivity index (χ2n) is 8.70. The molecule has 2 fully saturated rings. The summed E-state index contributed by atoms with van der Waals surface area (Å²) in [7, 11) is 1.84. The molecule has 0 radical (unpaired) electrons. The normalized spacial score (nSPS) is 18.2. The lowest BCUT2D eigenvalue weighted by Gasteiger charge is -2.41. The van der Waals surface area contributed by atoms with E-state index in [4.69, 9.17) is 4.98 Å². The lowest BCUT2D eigenvalue weighted by molar-refractivity contribution is -0.134. The number of aryl methyl sites for hydroxylation is 1. The molecule has 2 aliphatic rings. The molecule has 33 heavy (non-hydrogen) atoms. The zero-order valence-electron chi connectivity index (χ0n) is 18.8. The number of anilines is 3. The summed E-state index contributed by atoms with van der Waals surface area (Å²) in [5.41, 5.74) is 2.00. The molecular weight excluding hydrogens is 416 g/mol.